The van der Waals surface area contributed by atoms with Crippen LogP contribution in [0.15, 0.2) is 77.7 Å². The summed E-state index contributed by atoms with van der Waals surface area (Å²) in [5, 5.41) is 0.165. The minimum atomic E-state index is -4.17. The molecule has 4 nitrogen and oxygen atoms in total. The van der Waals surface area contributed by atoms with Gasteiger partial charge in [-0.2, -0.15) is 4.31 Å². The van der Waals surface area contributed by atoms with Gasteiger partial charge in [0, 0.05) is 11.6 Å². The van der Waals surface area contributed by atoms with Crippen LogP contribution < -0.4 is 0 Å². The zero-order valence-electron chi connectivity index (χ0n) is 16.2. The summed E-state index contributed by atoms with van der Waals surface area (Å²) in [5.74, 6) is -0.825. The van der Waals surface area contributed by atoms with Crippen LogP contribution >= 0.6 is 11.6 Å². The van der Waals surface area contributed by atoms with Crippen molar-refractivity contribution in [3.8, 4) is 0 Å². The van der Waals surface area contributed by atoms with E-state index in [0.717, 1.165) is 28.8 Å². The van der Waals surface area contributed by atoms with Gasteiger partial charge in [-0.3, -0.25) is 0 Å². The fourth-order valence-electron chi connectivity index (χ4n) is 3.67. The van der Waals surface area contributed by atoms with E-state index in [9.17, 15) is 12.8 Å². The molecule has 4 rings (SSSR count). The third-order valence-electron chi connectivity index (χ3n) is 5.21. The quantitative estimate of drug-likeness (QED) is 0.579. The Bertz CT molecular complexity index is 1140. The summed E-state index contributed by atoms with van der Waals surface area (Å²) in [5.41, 5.74) is 2.73. The smallest absolute Gasteiger partial charge is 0.246 e. The van der Waals surface area contributed by atoms with Crippen molar-refractivity contribution < 1.29 is 17.5 Å². The molecule has 1 heterocycles. The molecular formula is C23H21ClFNO3S. The Morgan fingerprint density at radius 1 is 1.00 bits per heavy atom. The van der Waals surface area contributed by atoms with E-state index in [4.69, 9.17) is 16.3 Å². The van der Waals surface area contributed by atoms with Gasteiger partial charge in [-0.25, -0.2) is 12.8 Å². The standard InChI is InChI=1S/C23H21ClFNO3S/c24-20-10-11-22(25)23(13-20)30(27,28)26-14-18-8-4-5-9-19(18)15-29-16-21(26)12-17-6-2-1-3-7-17/h1-11,13,21H,12,14-16H2. The number of rotatable bonds is 4. The lowest BCUT2D eigenvalue weighted by Gasteiger charge is -2.33. The van der Waals surface area contributed by atoms with Crippen LogP contribution in [0.4, 0.5) is 4.39 Å². The first-order valence-electron chi connectivity index (χ1n) is 9.60. The second-order valence-electron chi connectivity index (χ2n) is 7.25. The molecule has 30 heavy (non-hydrogen) atoms. The van der Waals surface area contributed by atoms with Crippen LogP contribution in [-0.2, 0) is 34.3 Å². The van der Waals surface area contributed by atoms with Crippen molar-refractivity contribution in [1.29, 1.82) is 0 Å². The van der Waals surface area contributed by atoms with Crippen LogP contribution in [0.3, 0.4) is 0 Å². The number of ether oxygens (including phenoxy) is 1. The summed E-state index contributed by atoms with van der Waals surface area (Å²) < 4.78 is 49.0. The maximum Gasteiger partial charge on any atom is 0.246 e. The van der Waals surface area contributed by atoms with E-state index in [-0.39, 0.29) is 18.2 Å². The molecule has 1 unspecified atom stereocenters. The molecule has 0 fully saturated rings. The van der Waals surface area contributed by atoms with Crippen molar-refractivity contribution in [3.63, 3.8) is 0 Å². The average Bonchev–Trinajstić information content (AvgIpc) is 2.73. The lowest BCUT2D eigenvalue weighted by molar-refractivity contribution is 0.0673. The summed E-state index contributed by atoms with van der Waals surface area (Å²) in [6.07, 6.45) is 0.449. The monoisotopic (exact) mass is 445 g/mol. The minimum absolute atomic E-state index is 0.130. The molecule has 1 aliphatic rings. The first-order chi connectivity index (χ1) is 14.4. The second-order valence-corrected chi connectivity index (χ2v) is 9.55. The van der Waals surface area contributed by atoms with Gasteiger partial charge in [0.15, 0.2) is 0 Å². The van der Waals surface area contributed by atoms with Crippen molar-refractivity contribution in [2.24, 2.45) is 0 Å². The van der Waals surface area contributed by atoms with Gasteiger partial charge in [-0.05, 0) is 41.3 Å². The highest BCUT2D eigenvalue weighted by atomic mass is 35.5. The molecule has 1 aliphatic heterocycles. The van der Waals surface area contributed by atoms with E-state index in [2.05, 4.69) is 0 Å². The molecule has 0 amide bonds. The number of sulfonamides is 1. The maximum atomic E-state index is 14.6. The van der Waals surface area contributed by atoms with Crippen molar-refractivity contribution >= 4 is 21.6 Å². The predicted octanol–water partition coefficient (Wildman–Crippen LogP) is 4.81. The van der Waals surface area contributed by atoms with Crippen LogP contribution in [0.5, 0.6) is 0 Å². The van der Waals surface area contributed by atoms with E-state index in [1.807, 2.05) is 54.6 Å². The third kappa shape index (κ3) is 4.42. The number of hydrogen-bond donors (Lipinski definition) is 0. The molecule has 0 aliphatic carbocycles. The number of hydrogen-bond acceptors (Lipinski definition) is 3. The third-order valence-corrected chi connectivity index (χ3v) is 7.36. The van der Waals surface area contributed by atoms with Gasteiger partial charge in [0.05, 0.1) is 19.3 Å². The highest BCUT2D eigenvalue weighted by molar-refractivity contribution is 7.89. The summed E-state index contributed by atoms with van der Waals surface area (Å²) in [4.78, 5) is -0.425. The summed E-state index contributed by atoms with van der Waals surface area (Å²) in [6, 6.07) is 20.2. The van der Waals surface area contributed by atoms with E-state index in [1.165, 1.54) is 10.4 Å². The minimum Gasteiger partial charge on any atom is -0.375 e. The SMILES string of the molecule is O=S(=O)(c1cc(Cl)ccc1F)N1Cc2ccccc2COCC1Cc1ccccc1. The van der Waals surface area contributed by atoms with E-state index in [0.29, 0.717) is 13.0 Å². The topological polar surface area (TPSA) is 46.6 Å². The van der Waals surface area contributed by atoms with Gasteiger partial charge >= 0.3 is 0 Å². The van der Waals surface area contributed by atoms with E-state index < -0.39 is 26.8 Å². The van der Waals surface area contributed by atoms with Gasteiger partial charge in [0.25, 0.3) is 0 Å². The lowest BCUT2D eigenvalue weighted by Crippen LogP contribution is -2.45. The molecule has 0 aromatic heterocycles. The zero-order chi connectivity index (χ0) is 21.1. The number of fused-ring (bicyclic) bond motifs is 1. The number of halogens is 2. The summed E-state index contributed by atoms with van der Waals surface area (Å²) in [6.45, 7) is 0.733. The fraction of sp³-hybridized carbons (Fsp3) is 0.217. The first-order valence-corrected chi connectivity index (χ1v) is 11.4. The van der Waals surface area contributed by atoms with Crippen LogP contribution in [-0.4, -0.2) is 25.4 Å². The zero-order valence-corrected chi connectivity index (χ0v) is 17.7. The Labute approximate surface area is 180 Å². The molecule has 0 bridgehead atoms. The Kier molecular flexibility index (Phi) is 6.20. The van der Waals surface area contributed by atoms with E-state index in [1.54, 1.807) is 0 Å². The first kappa shape index (κ1) is 21.0. The highest BCUT2D eigenvalue weighted by Crippen LogP contribution is 2.29. The Balaban J connectivity index is 1.80. The summed E-state index contributed by atoms with van der Waals surface area (Å²) in [7, 11) is -4.17. The Hall–Kier alpha value is -2.25. The molecule has 0 spiro atoms. The van der Waals surface area contributed by atoms with Gasteiger partial charge in [-0.1, -0.05) is 66.2 Å². The molecule has 156 valence electrons. The van der Waals surface area contributed by atoms with Crippen molar-refractivity contribution in [3.05, 3.63) is 100 Å². The molecular weight excluding hydrogens is 425 g/mol. The van der Waals surface area contributed by atoms with Crippen molar-refractivity contribution in [2.75, 3.05) is 6.61 Å². The summed E-state index contributed by atoms with van der Waals surface area (Å²) >= 11 is 5.99. The molecule has 3 aromatic carbocycles. The van der Waals surface area contributed by atoms with Crippen molar-refractivity contribution in [2.45, 2.75) is 30.5 Å². The van der Waals surface area contributed by atoms with Gasteiger partial charge in [-0.15, -0.1) is 0 Å². The van der Waals surface area contributed by atoms with E-state index >= 15 is 0 Å². The van der Waals surface area contributed by atoms with Crippen LogP contribution in [0.25, 0.3) is 0 Å². The predicted molar refractivity (Wildman–Crippen MR) is 114 cm³/mol. The Morgan fingerprint density at radius 2 is 1.70 bits per heavy atom. The Morgan fingerprint density at radius 3 is 2.47 bits per heavy atom. The number of benzene rings is 3. The van der Waals surface area contributed by atoms with Crippen LogP contribution in [0, 0.1) is 5.82 Å². The van der Waals surface area contributed by atoms with Gasteiger partial charge < -0.3 is 4.74 Å². The largest absolute Gasteiger partial charge is 0.375 e. The fourth-order valence-corrected chi connectivity index (χ4v) is 5.58. The molecule has 0 radical (unpaired) electrons. The maximum absolute atomic E-state index is 14.6. The molecule has 7 heteroatoms. The second kappa shape index (κ2) is 8.86. The normalized spacial score (nSPS) is 17.7. The van der Waals surface area contributed by atoms with Crippen LogP contribution in [0.1, 0.15) is 16.7 Å². The van der Waals surface area contributed by atoms with Gasteiger partial charge in [0.1, 0.15) is 10.7 Å². The number of nitrogens with zero attached hydrogens (tertiary/aromatic N) is 1. The molecule has 1 atom stereocenters. The lowest BCUT2D eigenvalue weighted by atomic mass is 10.0. The van der Waals surface area contributed by atoms with Crippen LogP contribution in [0.2, 0.25) is 5.02 Å². The molecule has 3 aromatic rings. The van der Waals surface area contributed by atoms with Crippen molar-refractivity contribution in [1.82, 2.24) is 4.31 Å². The molecule has 0 saturated heterocycles. The highest BCUT2D eigenvalue weighted by Gasteiger charge is 2.35. The van der Waals surface area contributed by atoms with Gasteiger partial charge in [0.2, 0.25) is 10.0 Å². The average molecular weight is 446 g/mol. The molecule has 0 N–H and O–H groups in total. The molecule has 0 saturated carbocycles.